The molecule has 0 amide bonds. The first kappa shape index (κ1) is 35.2. The van der Waals surface area contributed by atoms with Crippen molar-refractivity contribution < 1.29 is 27.5 Å². The summed E-state index contributed by atoms with van der Waals surface area (Å²) in [5.41, 5.74) is 8.15. The highest BCUT2D eigenvalue weighted by Crippen LogP contribution is 2.48. The van der Waals surface area contributed by atoms with E-state index in [1.165, 1.54) is 14.2 Å². The molecule has 0 atom stereocenters. The summed E-state index contributed by atoms with van der Waals surface area (Å²) < 4.78 is 38.5. The third-order valence-corrected chi connectivity index (χ3v) is 11.3. The average molecular weight is 723 g/mol. The van der Waals surface area contributed by atoms with Crippen molar-refractivity contribution in [2.24, 2.45) is 0 Å². The highest BCUT2D eigenvalue weighted by Gasteiger charge is 2.35. The van der Waals surface area contributed by atoms with Crippen molar-refractivity contribution in [1.82, 2.24) is 0 Å². The van der Waals surface area contributed by atoms with Crippen molar-refractivity contribution in [2.75, 3.05) is 24.0 Å². The van der Waals surface area contributed by atoms with Gasteiger partial charge in [0.05, 0.1) is 24.0 Å². The van der Waals surface area contributed by atoms with Crippen LogP contribution in [0.4, 0.5) is 34.1 Å². The number of hydrogen-bond donors (Lipinski definition) is 0. The second-order valence-corrected chi connectivity index (χ2v) is 14.6. The molecule has 0 saturated heterocycles. The van der Waals surface area contributed by atoms with Crippen molar-refractivity contribution in [3.63, 3.8) is 0 Å². The molecule has 0 fully saturated rings. The molecule has 0 spiro atoms. The van der Waals surface area contributed by atoms with E-state index in [0.29, 0.717) is 35.3 Å². The number of rotatable bonds is 12. The number of hydrogen-bond acceptors (Lipinski definition) is 8. The Labute approximate surface area is 309 Å². The number of carbonyl (C=O) groups excluding carboxylic acids is 2. The Morgan fingerprint density at radius 3 is 1.17 bits per heavy atom. The fourth-order valence-corrected chi connectivity index (χ4v) is 8.40. The predicted molar refractivity (Wildman–Crippen MR) is 207 cm³/mol. The summed E-state index contributed by atoms with van der Waals surface area (Å²) in [7, 11) is -1.13. The average Bonchev–Trinajstić information content (AvgIpc) is 3.42. The van der Waals surface area contributed by atoms with Gasteiger partial charge in [0.15, 0.2) is 0 Å². The van der Waals surface area contributed by atoms with Gasteiger partial charge in [0, 0.05) is 58.1 Å². The quantitative estimate of drug-likeness (QED) is 0.115. The van der Waals surface area contributed by atoms with Gasteiger partial charge in [0.2, 0.25) is 9.84 Å². The van der Waals surface area contributed by atoms with E-state index in [9.17, 15) is 18.0 Å². The van der Waals surface area contributed by atoms with Crippen molar-refractivity contribution in [3.05, 3.63) is 157 Å². The topological polar surface area (TPSA) is 93.2 Å². The van der Waals surface area contributed by atoms with Crippen molar-refractivity contribution in [3.8, 4) is 11.1 Å². The van der Waals surface area contributed by atoms with Gasteiger partial charge in [-0.15, -0.1) is 0 Å². The molecule has 0 unspecified atom stereocenters. The number of benzene rings is 6. The Kier molecular flexibility index (Phi) is 10.1. The number of nitrogens with zero attached hydrogens (tertiary/aromatic N) is 2. The normalized spacial score (nSPS) is 12.3. The molecule has 9 heteroatoms. The first-order valence-electron chi connectivity index (χ1n) is 17.3. The maximum Gasteiger partial charge on any atom is 0.305 e. The number of aryl methyl sites for hydroxylation is 2. The third kappa shape index (κ3) is 7.29. The lowest BCUT2D eigenvalue weighted by atomic mass is 10.0. The molecule has 8 nitrogen and oxygen atoms in total. The molecule has 0 bridgehead atoms. The summed E-state index contributed by atoms with van der Waals surface area (Å²) >= 11 is 0. The number of carbonyl (C=O) groups is 2. The molecule has 6 aromatic rings. The largest absolute Gasteiger partial charge is 0.469 e. The minimum absolute atomic E-state index is 0.249. The zero-order valence-electron chi connectivity index (χ0n) is 29.4. The second kappa shape index (κ2) is 15.2. The first-order valence-corrected chi connectivity index (χ1v) is 18.8. The lowest BCUT2D eigenvalue weighted by molar-refractivity contribution is -0.141. The Bertz CT molecular complexity index is 2200. The number of ether oxygens (including phenoxy) is 2. The Balaban J connectivity index is 1.24. The Morgan fingerprint density at radius 1 is 0.472 bits per heavy atom. The second-order valence-electron chi connectivity index (χ2n) is 12.7. The van der Waals surface area contributed by atoms with E-state index in [2.05, 4.69) is 0 Å². The molecule has 0 aliphatic carbocycles. The maximum atomic E-state index is 14.5. The van der Waals surface area contributed by atoms with Gasteiger partial charge >= 0.3 is 11.9 Å². The van der Waals surface area contributed by atoms with Gasteiger partial charge in [0.1, 0.15) is 0 Å². The first-order chi connectivity index (χ1) is 25.8. The van der Waals surface area contributed by atoms with Gasteiger partial charge in [-0.2, -0.15) is 0 Å². The molecule has 266 valence electrons. The van der Waals surface area contributed by atoms with Crippen LogP contribution in [0, 0.1) is 0 Å². The van der Waals surface area contributed by atoms with E-state index < -0.39 is 9.84 Å². The number of methoxy groups -OCH3 is 2. The fraction of sp³-hybridized carbons (Fsp3) is 0.136. The van der Waals surface area contributed by atoms with Crippen LogP contribution in [-0.2, 0) is 41.7 Å². The SMILES string of the molecule is COC(=O)CCc1ccc(N(c2ccccc2)c2ccc3c(c2)S(=O)(=O)c2cc(N(c4ccccc4)c4ccc(CCC(=O)OC)cc4)ccc2-3)cc1. The molecular formula is C44H38N2O6S. The summed E-state index contributed by atoms with van der Waals surface area (Å²) in [6.07, 6.45) is 1.69. The summed E-state index contributed by atoms with van der Waals surface area (Å²) in [4.78, 5) is 28.0. The summed E-state index contributed by atoms with van der Waals surface area (Å²) in [5.74, 6) is -0.522. The van der Waals surface area contributed by atoms with Crippen LogP contribution in [0.5, 0.6) is 0 Å². The number of esters is 2. The van der Waals surface area contributed by atoms with Crippen LogP contribution in [0.2, 0.25) is 0 Å². The number of sulfone groups is 1. The van der Waals surface area contributed by atoms with Gasteiger partial charge in [0.25, 0.3) is 0 Å². The zero-order chi connectivity index (χ0) is 37.0. The van der Waals surface area contributed by atoms with Crippen LogP contribution in [0.1, 0.15) is 24.0 Å². The molecule has 6 aromatic carbocycles. The highest BCUT2D eigenvalue weighted by molar-refractivity contribution is 7.92. The smallest absolute Gasteiger partial charge is 0.305 e. The number of fused-ring (bicyclic) bond motifs is 3. The molecule has 0 N–H and O–H groups in total. The molecule has 7 rings (SSSR count). The van der Waals surface area contributed by atoms with Crippen molar-refractivity contribution in [1.29, 1.82) is 0 Å². The van der Waals surface area contributed by atoms with Crippen LogP contribution in [-0.4, -0.2) is 34.6 Å². The number of para-hydroxylation sites is 2. The van der Waals surface area contributed by atoms with Crippen LogP contribution in [0.3, 0.4) is 0 Å². The Morgan fingerprint density at radius 2 is 0.811 bits per heavy atom. The van der Waals surface area contributed by atoms with Gasteiger partial charge in [-0.05, 0) is 96.8 Å². The Hall–Kier alpha value is -6.19. The standard InChI is InChI=1S/C44H38N2O6S/c1-51-43(47)27-17-31-13-19-35(20-14-31)45(33-9-5-3-6-10-33)37-23-25-39-40-26-24-38(30-42(40)53(49,50)41(39)29-37)46(34-11-7-4-8-12-34)36-21-15-32(16-22-36)18-28-44(48)52-2/h3-16,19-26,29-30H,17-18,27-28H2,1-2H3. The monoisotopic (exact) mass is 722 g/mol. The zero-order valence-corrected chi connectivity index (χ0v) is 30.3. The van der Waals surface area contributed by atoms with Gasteiger partial charge in [-0.1, -0.05) is 72.8 Å². The summed E-state index contributed by atoms with van der Waals surface area (Å²) in [6, 6.07) is 46.6. The predicted octanol–water partition coefficient (Wildman–Crippen LogP) is 9.65. The summed E-state index contributed by atoms with van der Waals surface area (Å²) in [6.45, 7) is 0. The molecule has 0 aromatic heterocycles. The van der Waals surface area contributed by atoms with Crippen LogP contribution < -0.4 is 9.80 Å². The fourth-order valence-electron chi connectivity index (χ4n) is 6.68. The maximum absolute atomic E-state index is 14.5. The highest BCUT2D eigenvalue weighted by atomic mass is 32.2. The van der Waals surface area contributed by atoms with Crippen molar-refractivity contribution in [2.45, 2.75) is 35.5 Å². The third-order valence-electron chi connectivity index (χ3n) is 9.42. The molecule has 0 saturated carbocycles. The lowest BCUT2D eigenvalue weighted by Gasteiger charge is -2.26. The van der Waals surface area contributed by atoms with E-state index in [-0.39, 0.29) is 34.6 Å². The van der Waals surface area contributed by atoms with Crippen molar-refractivity contribution >= 4 is 55.9 Å². The lowest BCUT2D eigenvalue weighted by Crippen LogP contribution is -2.11. The minimum Gasteiger partial charge on any atom is -0.469 e. The van der Waals surface area contributed by atoms with E-state index in [1.807, 2.05) is 143 Å². The molecular weight excluding hydrogens is 685 g/mol. The van der Waals surface area contributed by atoms with Gasteiger partial charge < -0.3 is 19.3 Å². The molecule has 1 aliphatic rings. The van der Waals surface area contributed by atoms with E-state index in [0.717, 1.165) is 33.9 Å². The minimum atomic E-state index is -3.90. The van der Waals surface area contributed by atoms with E-state index >= 15 is 0 Å². The van der Waals surface area contributed by atoms with E-state index in [4.69, 9.17) is 9.47 Å². The van der Waals surface area contributed by atoms with Crippen LogP contribution in [0.25, 0.3) is 11.1 Å². The number of anilines is 6. The molecule has 1 aliphatic heterocycles. The van der Waals surface area contributed by atoms with Crippen LogP contribution in [0.15, 0.2) is 155 Å². The molecule has 0 radical (unpaired) electrons. The van der Waals surface area contributed by atoms with Gasteiger partial charge in [-0.3, -0.25) is 9.59 Å². The van der Waals surface area contributed by atoms with Crippen LogP contribution >= 0.6 is 0 Å². The molecule has 1 heterocycles. The summed E-state index contributed by atoms with van der Waals surface area (Å²) in [5, 5.41) is 0. The van der Waals surface area contributed by atoms with Gasteiger partial charge in [-0.25, -0.2) is 8.42 Å². The van der Waals surface area contributed by atoms with E-state index in [1.54, 1.807) is 12.1 Å². The molecule has 53 heavy (non-hydrogen) atoms.